The summed E-state index contributed by atoms with van der Waals surface area (Å²) in [4.78, 5) is 16.7. The van der Waals surface area contributed by atoms with Gasteiger partial charge in [0.25, 0.3) is 5.22 Å². The minimum Gasteiger partial charge on any atom is -0.464 e. The summed E-state index contributed by atoms with van der Waals surface area (Å²) in [5.41, 5.74) is 5.43. The monoisotopic (exact) mass is 337 g/mol. The number of thioether (sulfide) groups is 1. The molecule has 4 aromatic rings. The second-order valence-electron chi connectivity index (χ2n) is 5.81. The number of para-hydroxylation sites is 2. The summed E-state index contributed by atoms with van der Waals surface area (Å²) < 4.78 is 11.2. The lowest BCUT2D eigenvalue weighted by molar-refractivity contribution is -0.110. The number of oxazole rings is 1. The maximum Gasteiger partial charge on any atom is 0.264 e. The standard InChI is InChI=1S/C19H15NO3S/c1-11-7-12(2)18-13(10-22-16(18)8-11)9-17(21)24-19-20-14-5-3-4-6-15(14)23-19/h3-8,10H,9H2,1-2H3. The van der Waals surface area contributed by atoms with Gasteiger partial charge in [-0.25, -0.2) is 4.98 Å². The van der Waals surface area contributed by atoms with Crippen LogP contribution in [-0.4, -0.2) is 10.1 Å². The number of nitrogens with zero attached hydrogens (tertiary/aromatic N) is 1. The molecule has 0 N–H and O–H groups in total. The van der Waals surface area contributed by atoms with E-state index >= 15 is 0 Å². The molecule has 2 aromatic carbocycles. The second kappa shape index (κ2) is 5.83. The summed E-state index contributed by atoms with van der Waals surface area (Å²) in [5.74, 6) is 0. The van der Waals surface area contributed by atoms with Crippen LogP contribution in [0, 0.1) is 13.8 Å². The zero-order valence-electron chi connectivity index (χ0n) is 13.3. The Morgan fingerprint density at radius 3 is 2.83 bits per heavy atom. The van der Waals surface area contributed by atoms with Crippen LogP contribution in [0.5, 0.6) is 0 Å². The van der Waals surface area contributed by atoms with Crippen LogP contribution >= 0.6 is 11.8 Å². The van der Waals surface area contributed by atoms with Gasteiger partial charge in [0.15, 0.2) is 5.58 Å². The summed E-state index contributed by atoms with van der Waals surface area (Å²) in [6, 6.07) is 11.6. The van der Waals surface area contributed by atoms with Gasteiger partial charge in [-0.15, -0.1) is 0 Å². The largest absolute Gasteiger partial charge is 0.464 e. The van der Waals surface area contributed by atoms with Crippen LogP contribution in [-0.2, 0) is 11.2 Å². The van der Waals surface area contributed by atoms with Crippen molar-refractivity contribution in [2.75, 3.05) is 0 Å². The lowest BCUT2D eigenvalue weighted by Crippen LogP contribution is -1.97. The SMILES string of the molecule is Cc1cc(C)c2c(CC(=O)Sc3nc4ccccc4o3)coc2c1. The minimum atomic E-state index is -0.0239. The van der Waals surface area contributed by atoms with Gasteiger partial charge >= 0.3 is 0 Å². The Morgan fingerprint density at radius 2 is 2.00 bits per heavy atom. The third kappa shape index (κ3) is 2.71. The fourth-order valence-corrected chi connectivity index (χ4v) is 3.64. The number of furan rings is 1. The fraction of sp³-hybridized carbons (Fsp3) is 0.158. The molecule has 24 heavy (non-hydrogen) atoms. The van der Waals surface area contributed by atoms with Crippen molar-refractivity contribution < 1.29 is 13.6 Å². The molecular formula is C19H15NO3S. The van der Waals surface area contributed by atoms with Crippen molar-refractivity contribution in [2.24, 2.45) is 0 Å². The number of benzene rings is 2. The van der Waals surface area contributed by atoms with Crippen molar-refractivity contribution in [1.82, 2.24) is 4.98 Å². The van der Waals surface area contributed by atoms with Crippen LogP contribution in [0.1, 0.15) is 16.7 Å². The Hall–Kier alpha value is -2.53. The number of carbonyl (C=O) groups excluding carboxylic acids is 1. The van der Waals surface area contributed by atoms with Gasteiger partial charge in [0.1, 0.15) is 11.1 Å². The molecule has 4 nitrogen and oxygen atoms in total. The maximum atomic E-state index is 12.4. The Balaban J connectivity index is 1.58. The van der Waals surface area contributed by atoms with Crippen LogP contribution < -0.4 is 0 Å². The molecule has 0 saturated carbocycles. The number of hydrogen-bond acceptors (Lipinski definition) is 5. The van der Waals surface area contributed by atoms with Crippen LogP contribution in [0.15, 0.2) is 56.7 Å². The Morgan fingerprint density at radius 1 is 1.17 bits per heavy atom. The molecule has 0 aliphatic heterocycles. The normalized spacial score (nSPS) is 11.4. The highest BCUT2D eigenvalue weighted by atomic mass is 32.2. The molecule has 0 radical (unpaired) electrons. The van der Waals surface area contributed by atoms with Gasteiger partial charge in [0.05, 0.1) is 6.26 Å². The average Bonchev–Trinajstić information content (AvgIpc) is 3.10. The third-order valence-electron chi connectivity index (χ3n) is 3.90. The van der Waals surface area contributed by atoms with Crippen molar-refractivity contribution in [3.05, 3.63) is 59.4 Å². The van der Waals surface area contributed by atoms with E-state index in [9.17, 15) is 4.79 Å². The van der Waals surface area contributed by atoms with Crippen molar-refractivity contribution in [1.29, 1.82) is 0 Å². The Kier molecular flexibility index (Phi) is 3.65. The van der Waals surface area contributed by atoms with Gasteiger partial charge in [-0.3, -0.25) is 4.79 Å². The average molecular weight is 337 g/mol. The minimum absolute atomic E-state index is 0.0239. The molecule has 4 rings (SSSR count). The van der Waals surface area contributed by atoms with Crippen LogP contribution in [0.3, 0.4) is 0 Å². The first-order chi connectivity index (χ1) is 11.6. The van der Waals surface area contributed by atoms with E-state index in [4.69, 9.17) is 8.83 Å². The summed E-state index contributed by atoms with van der Waals surface area (Å²) in [6.45, 7) is 4.07. The quantitative estimate of drug-likeness (QED) is 0.490. The van der Waals surface area contributed by atoms with Crippen LogP contribution in [0.25, 0.3) is 22.1 Å². The number of aromatic nitrogens is 1. The van der Waals surface area contributed by atoms with Crippen molar-refractivity contribution in [2.45, 2.75) is 25.5 Å². The van der Waals surface area contributed by atoms with Crippen molar-refractivity contribution in [3.63, 3.8) is 0 Å². The van der Waals surface area contributed by atoms with E-state index < -0.39 is 0 Å². The van der Waals surface area contributed by atoms with Crippen molar-refractivity contribution in [3.8, 4) is 0 Å². The van der Waals surface area contributed by atoms with Gasteiger partial charge in [-0.05, 0) is 43.2 Å². The molecular weight excluding hydrogens is 322 g/mol. The van der Waals surface area contributed by atoms with E-state index in [1.54, 1.807) is 6.26 Å². The van der Waals surface area contributed by atoms with Crippen LogP contribution in [0.2, 0.25) is 0 Å². The highest BCUT2D eigenvalue weighted by molar-refractivity contribution is 8.13. The second-order valence-corrected chi connectivity index (χ2v) is 6.82. The molecule has 0 saturated heterocycles. The van der Waals surface area contributed by atoms with E-state index in [0.717, 1.165) is 44.9 Å². The predicted octanol–water partition coefficient (Wildman–Crippen LogP) is 5.05. The Bertz CT molecular complexity index is 1030. The summed E-state index contributed by atoms with van der Waals surface area (Å²) in [6.07, 6.45) is 1.95. The number of carbonyl (C=O) groups is 1. The Labute approximate surface area is 142 Å². The first kappa shape index (κ1) is 15.0. The molecule has 0 unspecified atom stereocenters. The van der Waals surface area contributed by atoms with Crippen LogP contribution in [0.4, 0.5) is 0 Å². The molecule has 0 amide bonds. The highest BCUT2D eigenvalue weighted by Crippen LogP contribution is 2.29. The molecule has 0 fully saturated rings. The van der Waals surface area contributed by atoms with E-state index in [1.807, 2.05) is 44.2 Å². The number of hydrogen-bond donors (Lipinski definition) is 0. The van der Waals surface area contributed by atoms with E-state index in [-0.39, 0.29) is 11.5 Å². The lowest BCUT2D eigenvalue weighted by atomic mass is 10.0. The van der Waals surface area contributed by atoms with Gasteiger partial charge in [0, 0.05) is 29.1 Å². The predicted molar refractivity (Wildman–Crippen MR) is 94.3 cm³/mol. The first-order valence-corrected chi connectivity index (χ1v) is 8.45. The molecule has 0 aliphatic carbocycles. The topological polar surface area (TPSA) is 56.2 Å². The molecule has 120 valence electrons. The summed E-state index contributed by atoms with van der Waals surface area (Å²) in [7, 11) is 0. The smallest absolute Gasteiger partial charge is 0.264 e. The van der Waals surface area contributed by atoms with Gasteiger partial charge in [0.2, 0.25) is 5.12 Å². The summed E-state index contributed by atoms with van der Waals surface area (Å²) in [5, 5.41) is 1.37. The first-order valence-electron chi connectivity index (χ1n) is 7.64. The molecule has 5 heteroatoms. The summed E-state index contributed by atoms with van der Waals surface area (Å²) >= 11 is 1.03. The number of fused-ring (bicyclic) bond motifs is 2. The van der Waals surface area contributed by atoms with Crippen molar-refractivity contribution >= 4 is 38.9 Å². The van der Waals surface area contributed by atoms with Gasteiger partial charge in [-0.1, -0.05) is 18.2 Å². The molecule has 2 aromatic heterocycles. The molecule has 0 aliphatic rings. The van der Waals surface area contributed by atoms with E-state index in [2.05, 4.69) is 11.1 Å². The number of rotatable bonds is 3. The molecule has 0 spiro atoms. The molecule has 0 bridgehead atoms. The highest BCUT2D eigenvalue weighted by Gasteiger charge is 2.16. The zero-order chi connectivity index (χ0) is 16.7. The molecule has 2 heterocycles. The number of aryl methyl sites for hydroxylation is 2. The maximum absolute atomic E-state index is 12.4. The van der Waals surface area contributed by atoms with E-state index in [0.29, 0.717) is 10.8 Å². The van der Waals surface area contributed by atoms with E-state index in [1.165, 1.54) is 0 Å². The third-order valence-corrected chi connectivity index (χ3v) is 4.62. The molecule has 0 atom stereocenters. The lowest BCUT2D eigenvalue weighted by Gasteiger charge is -2.01. The van der Waals surface area contributed by atoms with Gasteiger partial charge in [-0.2, -0.15) is 0 Å². The fourth-order valence-electron chi connectivity index (χ4n) is 2.94. The van der Waals surface area contributed by atoms with Gasteiger partial charge < -0.3 is 8.83 Å². The zero-order valence-corrected chi connectivity index (χ0v) is 14.1.